The Morgan fingerprint density at radius 2 is 1.83 bits per heavy atom. The van der Waals surface area contributed by atoms with E-state index in [1.54, 1.807) is 6.20 Å². The van der Waals surface area contributed by atoms with Crippen molar-refractivity contribution in [3.63, 3.8) is 0 Å². The molecular weight excluding hydrogens is 150 g/mol. The van der Waals surface area contributed by atoms with Crippen LogP contribution in [0.15, 0.2) is 12.4 Å². The molecule has 1 heterocycles. The Labute approximate surface area is 72.3 Å². The first kappa shape index (κ1) is 8.66. The van der Waals surface area contributed by atoms with Gasteiger partial charge in [-0.05, 0) is 11.0 Å². The molecule has 0 atom stereocenters. The van der Waals surface area contributed by atoms with Gasteiger partial charge in [0.2, 0.25) is 5.69 Å². The second kappa shape index (κ2) is 2.90. The van der Waals surface area contributed by atoms with E-state index >= 15 is 0 Å². The van der Waals surface area contributed by atoms with Crippen LogP contribution in [-0.2, 0) is 5.41 Å². The third kappa shape index (κ3) is 1.59. The molecule has 0 aromatic carbocycles. The molecule has 0 aliphatic heterocycles. The molecule has 0 aliphatic carbocycles. The minimum absolute atomic E-state index is 0.0319. The zero-order chi connectivity index (χ0) is 9.19. The number of rotatable bonds is 0. The van der Waals surface area contributed by atoms with Gasteiger partial charge in [0.05, 0.1) is 12.8 Å². The van der Waals surface area contributed by atoms with Crippen molar-refractivity contribution in [1.82, 2.24) is 10.2 Å². The molecular formula is C9H11N3. The summed E-state index contributed by atoms with van der Waals surface area (Å²) in [6.45, 7) is 13.1. The molecule has 0 amide bonds. The van der Waals surface area contributed by atoms with Crippen molar-refractivity contribution in [2.24, 2.45) is 0 Å². The first-order valence-electron chi connectivity index (χ1n) is 3.74. The van der Waals surface area contributed by atoms with Crippen LogP contribution in [0.4, 0.5) is 5.69 Å². The Kier molecular flexibility index (Phi) is 2.09. The molecule has 62 valence electrons. The van der Waals surface area contributed by atoms with Gasteiger partial charge in [-0.25, -0.2) is 4.85 Å². The van der Waals surface area contributed by atoms with Crippen LogP contribution in [0.1, 0.15) is 26.3 Å². The molecule has 1 rings (SSSR count). The predicted molar refractivity (Wildman–Crippen MR) is 47.0 cm³/mol. The van der Waals surface area contributed by atoms with E-state index in [1.165, 1.54) is 6.20 Å². The zero-order valence-corrected chi connectivity index (χ0v) is 7.50. The first-order valence-corrected chi connectivity index (χ1v) is 3.74. The van der Waals surface area contributed by atoms with E-state index in [2.05, 4.69) is 35.8 Å². The summed E-state index contributed by atoms with van der Waals surface area (Å²) < 4.78 is 0. The highest BCUT2D eigenvalue weighted by Gasteiger charge is 2.17. The van der Waals surface area contributed by atoms with E-state index in [-0.39, 0.29) is 5.41 Å². The molecule has 0 N–H and O–H groups in total. The third-order valence-electron chi connectivity index (χ3n) is 1.64. The van der Waals surface area contributed by atoms with Gasteiger partial charge < -0.3 is 0 Å². The predicted octanol–water partition coefficient (Wildman–Crippen LogP) is 2.32. The lowest BCUT2D eigenvalue weighted by molar-refractivity contribution is 0.588. The summed E-state index contributed by atoms with van der Waals surface area (Å²) in [6.07, 6.45) is 3.17. The van der Waals surface area contributed by atoms with Crippen LogP contribution in [0.3, 0.4) is 0 Å². The Hall–Kier alpha value is -1.43. The average molecular weight is 161 g/mol. The van der Waals surface area contributed by atoms with Gasteiger partial charge in [-0.1, -0.05) is 20.8 Å². The molecule has 12 heavy (non-hydrogen) atoms. The van der Waals surface area contributed by atoms with Gasteiger partial charge in [-0.15, -0.1) is 0 Å². The normalized spacial score (nSPS) is 10.8. The van der Waals surface area contributed by atoms with E-state index in [9.17, 15) is 0 Å². The van der Waals surface area contributed by atoms with Crippen LogP contribution in [-0.4, -0.2) is 10.2 Å². The second-order valence-electron chi connectivity index (χ2n) is 3.65. The van der Waals surface area contributed by atoms with Crippen molar-refractivity contribution in [3.8, 4) is 0 Å². The molecule has 0 spiro atoms. The smallest absolute Gasteiger partial charge is 0.212 e. The summed E-state index contributed by atoms with van der Waals surface area (Å²) >= 11 is 0. The van der Waals surface area contributed by atoms with Gasteiger partial charge in [0, 0.05) is 6.20 Å². The largest absolute Gasteiger partial charge is 0.236 e. The maximum absolute atomic E-state index is 6.92. The fourth-order valence-corrected chi connectivity index (χ4v) is 0.982. The van der Waals surface area contributed by atoms with E-state index in [0.29, 0.717) is 5.69 Å². The highest BCUT2D eigenvalue weighted by molar-refractivity contribution is 5.51. The fraction of sp³-hybridized carbons (Fsp3) is 0.444. The summed E-state index contributed by atoms with van der Waals surface area (Å²) in [5, 5.41) is 7.43. The molecule has 0 saturated heterocycles. The number of hydrogen-bond acceptors (Lipinski definition) is 2. The third-order valence-corrected chi connectivity index (χ3v) is 1.64. The van der Waals surface area contributed by atoms with E-state index < -0.39 is 0 Å². The highest BCUT2D eigenvalue weighted by Crippen LogP contribution is 2.29. The first-order chi connectivity index (χ1) is 5.55. The molecule has 1 aromatic heterocycles. The van der Waals surface area contributed by atoms with Gasteiger partial charge in [0.15, 0.2) is 0 Å². The number of nitrogens with zero attached hydrogens (tertiary/aromatic N) is 3. The highest BCUT2D eigenvalue weighted by atomic mass is 15.1. The summed E-state index contributed by atoms with van der Waals surface area (Å²) in [5.74, 6) is 0. The van der Waals surface area contributed by atoms with Crippen LogP contribution in [0.2, 0.25) is 0 Å². The maximum Gasteiger partial charge on any atom is 0.212 e. The molecule has 0 bridgehead atoms. The van der Waals surface area contributed by atoms with E-state index in [4.69, 9.17) is 6.57 Å². The quantitative estimate of drug-likeness (QED) is 0.546. The van der Waals surface area contributed by atoms with Crippen molar-refractivity contribution in [2.75, 3.05) is 0 Å². The van der Waals surface area contributed by atoms with Gasteiger partial charge in [-0.3, -0.25) is 0 Å². The molecule has 0 radical (unpaired) electrons. The molecule has 0 fully saturated rings. The van der Waals surface area contributed by atoms with Gasteiger partial charge in [-0.2, -0.15) is 10.2 Å². The zero-order valence-electron chi connectivity index (χ0n) is 7.50. The monoisotopic (exact) mass is 161 g/mol. The molecule has 3 heteroatoms. The topological polar surface area (TPSA) is 30.1 Å². The van der Waals surface area contributed by atoms with Crippen LogP contribution in [0, 0.1) is 6.57 Å². The summed E-state index contributed by atoms with van der Waals surface area (Å²) in [4.78, 5) is 3.38. The SMILES string of the molecule is [C-]#[N+]c1cnncc1C(C)(C)C. The van der Waals surface area contributed by atoms with Crippen LogP contribution in [0.5, 0.6) is 0 Å². The second-order valence-corrected chi connectivity index (χ2v) is 3.65. The Balaban J connectivity index is 3.26. The lowest BCUT2D eigenvalue weighted by Gasteiger charge is -2.19. The van der Waals surface area contributed by atoms with Crippen molar-refractivity contribution >= 4 is 5.69 Å². The molecule has 0 saturated carbocycles. The Bertz CT molecular complexity index is 317. The van der Waals surface area contributed by atoms with Crippen LogP contribution < -0.4 is 0 Å². The summed E-state index contributed by atoms with van der Waals surface area (Å²) in [6, 6.07) is 0. The number of hydrogen-bond donors (Lipinski definition) is 0. The molecule has 3 nitrogen and oxygen atoms in total. The van der Waals surface area contributed by atoms with Crippen molar-refractivity contribution in [3.05, 3.63) is 29.4 Å². The lowest BCUT2D eigenvalue weighted by Crippen LogP contribution is -2.11. The molecule has 1 aromatic rings. The van der Waals surface area contributed by atoms with Crippen molar-refractivity contribution in [2.45, 2.75) is 26.2 Å². The van der Waals surface area contributed by atoms with Gasteiger partial charge in [0.1, 0.15) is 0 Å². The summed E-state index contributed by atoms with van der Waals surface area (Å²) in [5.41, 5.74) is 1.51. The van der Waals surface area contributed by atoms with Crippen LogP contribution >= 0.6 is 0 Å². The van der Waals surface area contributed by atoms with Gasteiger partial charge in [0.25, 0.3) is 0 Å². The van der Waals surface area contributed by atoms with Gasteiger partial charge >= 0.3 is 0 Å². The lowest BCUT2D eigenvalue weighted by atomic mass is 9.87. The van der Waals surface area contributed by atoms with Crippen molar-refractivity contribution < 1.29 is 0 Å². The average Bonchev–Trinajstić information content (AvgIpc) is 2.03. The fourth-order valence-electron chi connectivity index (χ4n) is 0.982. The van der Waals surface area contributed by atoms with E-state index in [1.807, 2.05) is 0 Å². The number of aromatic nitrogens is 2. The van der Waals surface area contributed by atoms with Crippen molar-refractivity contribution in [1.29, 1.82) is 0 Å². The standard InChI is InChI=1S/C9H11N3/c1-9(2,3)7-5-11-12-6-8(7)10-4/h5-6H,1-3H3. The molecule has 0 aliphatic rings. The maximum atomic E-state index is 6.92. The molecule has 0 unspecified atom stereocenters. The van der Waals surface area contributed by atoms with Crippen LogP contribution in [0.25, 0.3) is 4.85 Å². The minimum atomic E-state index is -0.0319. The Morgan fingerprint density at radius 3 is 2.25 bits per heavy atom. The Morgan fingerprint density at radius 1 is 1.25 bits per heavy atom. The minimum Gasteiger partial charge on any atom is -0.236 e. The summed E-state index contributed by atoms with van der Waals surface area (Å²) in [7, 11) is 0. The van der Waals surface area contributed by atoms with E-state index in [0.717, 1.165) is 5.56 Å².